The van der Waals surface area contributed by atoms with Crippen molar-refractivity contribution in [1.82, 2.24) is 9.55 Å². The molecule has 0 spiro atoms. The lowest BCUT2D eigenvalue weighted by atomic mass is 9.81. The average Bonchev–Trinajstić information content (AvgIpc) is 3.42. The summed E-state index contributed by atoms with van der Waals surface area (Å²) in [6.45, 7) is 16.6. The van der Waals surface area contributed by atoms with Crippen LogP contribution in [0.15, 0.2) is 150 Å². The van der Waals surface area contributed by atoms with E-state index >= 15 is 0 Å². The summed E-state index contributed by atoms with van der Waals surface area (Å²) < 4.78 is 2.22. The molecule has 1 aliphatic rings. The molecule has 4 nitrogen and oxygen atoms in total. The molecule has 0 bridgehead atoms. The number of hydrogen-bond donors (Lipinski definition) is 0. The zero-order valence-electron chi connectivity index (χ0n) is 25.1. The fraction of sp³-hybridized carbons (Fsp3) is 0.184. The van der Waals surface area contributed by atoms with Crippen molar-refractivity contribution in [1.29, 1.82) is 0 Å². The van der Waals surface area contributed by atoms with E-state index in [1.54, 1.807) is 6.20 Å². The topological polar surface area (TPSA) is 42.5 Å². The van der Waals surface area contributed by atoms with E-state index in [1.807, 2.05) is 44.2 Å². The molecular formula is C38H40N4. The lowest BCUT2D eigenvalue weighted by Crippen LogP contribution is -2.18. The van der Waals surface area contributed by atoms with Crippen LogP contribution in [0.4, 0.5) is 0 Å². The number of allylic oxidation sites excluding steroid dienone is 13. The molecule has 1 heterocycles. The van der Waals surface area contributed by atoms with Gasteiger partial charge in [-0.15, -0.1) is 6.58 Å². The minimum atomic E-state index is 0.0864. The van der Waals surface area contributed by atoms with Gasteiger partial charge in [-0.3, -0.25) is 4.57 Å². The predicted molar refractivity (Wildman–Crippen MR) is 183 cm³/mol. The zero-order chi connectivity index (χ0) is 29.9. The number of imidazole rings is 1. The lowest BCUT2D eigenvalue weighted by Gasteiger charge is -2.23. The van der Waals surface area contributed by atoms with Gasteiger partial charge in [-0.05, 0) is 57.0 Å². The molecule has 0 saturated heterocycles. The van der Waals surface area contributed by atoms with E-state index in [-0.39, 0.29) is 11.8 Å². The Morgan fingerprint density at radius 2 is 1.74 bits per heavy atom. The highest BCUT2D eigenvalue weighted by molar-refractivity contribution is 6.17. The molecule has 4 rings (SSSR count). The Morgan fingerprint density at radius 1 is 0.976 bits per heavy atom. The summed E-state index contributed by atoms with van der Waals surface area (Å²) in [6, 6.07) is 16.6. The molecule has 0 aliphatic heterocycles. The van der Waals surface area contributed by atoms with Gasteiger partial charge in [-0.25, -0.2) is 15.0 Å². The maximum Gasteiger partial charge on any atom is 0.159 e. The normalized spacial score (nSPS) is 18.2. The highest BCUT2D eigenvalue weighted by atomic mass is 15.1. The van der Waals surface area contributed by atoms with Crippen LogP contribution in [0, 0.1) is 11.8 Å². The average molecular weight is 553 g/mol. The zero-order valence-corrected chi connectivity index (χ0v) is 25.1. The SMILES string of the molecule is C=CC1C=CC=CC1C(=C)C(/C=C/C)=N/C(=N\C=C\C)c1ccc(-c2nc3ccccc3n2C(/C=C\CC)=C/C)cc1. The Morgan fingerprint density at radius 3 is 2.43 bits per heavy atom. The number of para-hydroxylation sites is 2. The summed E-state index contributed by atoms with van der Waals surface area (Å²) in [5, 5.41) is 0. The Hall–Kier alpha value is -4.83. The van der Waals surface area contributed by atoms with Crippen molar-refractivity contribution in [2.24, 2.45) is 21.8 Å². The Labute approximate surface area is 250 Å². The van der Waals surface area contributed by atoms with E-state index in [1.165, 1.54) is 0 Å². The summed E-state index contributed by atoms with van der Waals surface area (Å²) in [5.74, 6) is 1.76. The van der Waals surface area contributed by atoms with Gasteiger partial charge >= 0.3 is 0 Å². The third-order valence-electron chi connectivity index (χ3n) is 7.12. The molecule has 0 saturated carbocycles. The van der Waals surface area contributed by atoms with Crippen molar-refractivity contribution in [3.05, 3.63) is 146 Å². The molecule has 2 atom stereocenters. The fourth-order valence-corrected chi connectivity index (χ4v) is 4.96. The van der Waals surface area contributed by atoms with Crippen LogP contribution >= 0.6 is 0 Å². The third-order valence-corrected chi connectivity index (χ3v) is 7.12. The second-order valence-corrected chi connectivity index (χ2v) is 9.93. The van der Waals surface area contributed by atoms with E-state index in [0.717, 1.165) is 51.4 Å². The third kappa shape index (κ3) is 6.72. The molecule has 0 fully saturated rings. The number of benzene rings is 2. The molecule has 3 aromatic rings. The first-order chi connectivity index (χ1) is 20.6. The van der Waals surface area contributed by atoms with E-state index in [0.29, 0.717) is 5.84 Å². The Kier molecular flexibility index (Phi) is 10.5. The van der Waals surface area contributed by atoms with E-state index in [2.05, 4.69) is 117 Å². The van der Waals surface area contributed by atoms with Crippen LogP contribution in [0.1, 0.15) is 39.7 Å². The van der Waals surface area contributed by atoms with Crippen LogP contribution in [-0.2, 0) is 0 Å². The van der Waals surface area contributed by atoms with Crippen LogP contribution in [0.2, 0.25) is 0 Å². The maximum absolute atomic E-state index is 5.05. The van der Waals surface area contributed by atoms with Gasteiger partial charge in [-0.2, -0.15) is 0 Å². The van der Waals surface area contributed by atoms with Crippen molar-refractivity contribution >= 4 is 28.3 Å². The Bertz CT molecular complexity index is 1660. The number of aromatic nitrogens is 2. The lowest BCUT2D eigenvalue weighted by molar-refractivity contribution is 0.654. The summed E-state index contributed by atoms with van der Waals surface area (Å²) in [4.78, 5) is 14.8. The largest absolute Gasteiger partial charge is 0.293 e. The van der Waals surface area contributed by atoms with E-state index in [4.69, 9.17) is 15.0 Å². The Balaban J connectivity index is 1.77. The molecule has 1 aromatic heterocycles. The number of fused-ring (bicyclic) bond motifs is 1. The summed E-state index contributed by atoms with van der Waals surface area (Å²) in [6.07, 6.45) is 25.5. The molecule has 212 valence electrons. The van der Waals surface area contributed by atoms with Crippen molar-refractivity contribution in [2.75, 3.05) is 0 Å². The van der Waals surface area contributed by atoms with Gasteiger partial charge in [0.2, 0.25) is 0 Å². The quantitative estimate of drug-likeness (QED) is 0.107. The highest BCUT2D eigenvalue weighted by Crippen LogP contribution is 2.30. The molecule has 1 aliphatic carbocycles. The van der Waals surface area contributed by atoms with Crippen LogP contribution in [0.5, 0.6) is 0 Å². The molecule has 0 N–H and O–H groups in total. The highest BCUT2D eigenvalue weighted by Gasteiger charge is 2.22. The molecule has 2 aromatic carbocycles. The number of nitrogens with zero attached hydrogens (tertiary/aromatic N) is 4. The van der Waals surface area contributed by atoms with Crippen molar-refractivity contribution in [3.8, 4) is 11.4 Å². The van der Waals surface area contributed by atoms with Gasteiger partial charge in [0.05, 0.1) is 16.7 Å². The van der Waals surface area contributed by atoms with Gasteiger partial charge in [0, 0.05) is 34.9 Å². The van der Waals surface area contributed by atoms with E-state index < -0.39 is 0 Å². The first kappa shape index (κ1) is 30.1. The monoisotopic (exact) mass is 552 g/mol. The second-order valence-electron chi connectivity index (χ2n) is 9.93. The van der Waals surface area contributed by atoms with Gasteiger partial charge in [0.15, 0.2) is 5.84 Å². The van der Waals surface area contributed by atoms with Crippen molar-refractivity contribution in [3.63, 3.8) is 0 Å². The molecular weight excluding hydrogens is 512 g/mol. The van der Waals surface area contributed by atoms with Gasteiger partial charge in [0.1, 0.15) is 5.82 Å². The smallest absolute Gasteiger partial charge is 0.159 e. The minimum Gasteiger partial charge on any atom is -0.293 e. The molecule has 4 heteroatoms. The van der Waals surface area contributed by atoms with Crippen molar-refractivity contribution in [2.45, 2.75) is 34.1 Å². The molecule has 42 heavy (non-hydrogen) atoms. The van der Waals surface area contributed by atoms with Crippen LogP contribution in [0.25, 0.3) is 28.1 Å². The standard InChI is InChI=1S/C38H40N4/c1-7-12-19-32(11-5)42-36-22-16-15-21-35(36)41-38(42)31-25-23-30(24-26-31)37(39-27-9-3)40-34(17-8-2)28(6)33-20-14-13-18-29(33)10-4/h8-27,29,33H,4,6-7H2,1-3,5H3/b17-8+,19-12-,27-9+,32-11+,39-37-,40-34+. The number of rotatable bonds is 10. The number of aliphatic imine (C=N–C) groups is 2. The second kappa shape index (κ2) is 14.7. The first-order valence-electron chi connectivity index (χ1n) is 14.5. The molecule has 0 radical (unpaired) electrons. The predicted octanol–water partition coefficient (Wildman–Crippen LogP) is 9.93. The first-order valence-corrected chi connectivity index (χ1v) is 14.5. The summed E-state index contributed by atoms with van der Waals surface area (Å²) >= 11 is 0. The molecule has 0 amide bonds. The maximum atomic E-state index is 5.05. The van der Waals surface area contributed by atoms with Crippen LogP contribution < -0.4 is 0 Å². The van der Waals surface area contributed by atoms with Crippen molar-refractivity contribution < 1.29 is 0 Å². The summed E-state index contributed by atoms with van der Waals surface area (Å²) in [7, 11) is 0. The molecule has 2 unspecified atom stereocenters. The number of amidine groups is 1. The minimum absolute atomic E-state index is 0.0864. The van der Waals surface area contributed by atoms with E-state index in [9.17, 15) is 0 Å². The van der Waals surface area contributed by atoms with Gasteiger partial charge in [-0.1, -0.05) is 105 Å². The van der Waals surface area contributed by atoms with Crippen LogP contribution in [-0.4, -0.2) is 21.1 Å². The van der Waals surface area contributed by atoms with Gasteiger partial charge < -0.3 is 0 Å². The van der Waals surface area contributed by atoms with Gasteiger partial charge in [0.25, 0.3) is 0 Å². The fourth-order valence-electron chi connectivity index (χ4n) is 4.96. The summed E-state index contributed by atoms with van der Waals surface area (Å²) in [5.41, 5.74) is 6.76. The van der Waals surface area contributed by atoms with Crippen LogP contribution in [0.3, 0.4) is 0 Å². The number of hydrogen-bond acceptors (Lipinski definition) is 2.